The van der Waals surface area contributed by atoms with Gasteiger partial charge >= 0.3 is 5.69 Å². The van der Waals surface area contributed by atoms with E-state index in [9.17, 15) is 18.0 Å². The molecule has 0 N–H and O–H groups in total. The fourth-order valence-electron chi connectivity index (χ4n) is 3.27. The van der Waals surface area contributed by atoms with Gasteiger partial charge in [0.1, 0.15) is 12.4 Å². The molecule has 1 atom stereocenters. The second kappa shape index (κ2) is 7.01. The van der Waals surface area contributed by atoms with E-state index in [0.717, 1.165) is 18.6 Å². The zero-order valence-corrected chi connectivity index (χ0v) is 14.8. The van der Waals surface area contributed by atoms with Crippen molar-refractivity contribution in [3.8, 4) is 5.88 Å². The Morgan fingerprint density at radius 3 is 2.50 bits per heavy atom. The molecule has 1 aromatic heterocycles. The summed E-state index contributed by atoms with van der Waals surface area (Å²) in [6, 6.07) is 3.78. The first-order chi connectivity index (χ1) is 12.3. The summed E-state index contributed by atoms with van der Waals surface area (Å²) >= 11 is 0. The van der Waals surface area contributed by atoms with E-state index in [-0.39, 0.29) is 30.1 Å². The van der Waals surface area contributed by atoms with E-state index in [4.69, 9.17) is 4.74 Å². The van der Waals surface area contributed by atoms with Crippen molar-refractivity contribution in [1.82, 2.24) is 9.55 Å². The van der Waals surface area contributed by atoms with Gasteiger partial charge in [0.15, 0.2) is 17.5 Å². The maximum atomic E-state index is 13.3. The minimum absolute atomic E-state index is 0.0612. The molecule has 8 heteroatoms. The number of fused-ring (bicyclic) bond motifs is 1. The molecule has 1 aromatic carbocycles. The Labute approximate surface area is 149 Å². The van der Waals surface area contributed by atoms with Crippen LogP contribution in [0.15, 0.2) is 23.0 Å². The van der Waals surface area contributed by atoms with Crippen LogP contribution in [-0.4, -0.2) is 21.6 Å². The molecule has 2 aromatic rings. The number of halogens is 3. The topological polar surface area (TPSA) is 47.4 Å². The highest BCUT2D eigenvalue weighted by atomic mass is 19.2. The maximum Gasteiger partial charge on any atom is 0.352 e. The first-order valence-electron chi connectivity index (χ1n) is 8.44. The number of nitrogens with zero attached hydrogens (tertiary/aromatic N) is 3. The second-order valence-corrected chi connectivity index (χ2v) is 6.69. The first kappa shape index (κ1) is 18.3. The lowest BCUT2D eigenvalue weighted by Gasteiger charge is -2.40. The van der Waals surface area contributed by atoms with Gasteiger partial charge < -0.3 is 9.64 Å². The standard InChI is InChI=1S/C18H20F3N3O2/c1-10(2)24-11(3)4-5-23-16(24)8-15(22-18(23)25)26-9-12-6-13(19)17(21)14(20)7-12/h6-8,10-11H,4-5,9H2,1-3H3/t11-/m0/s1. The van der Waals surface area contributed by atoms with Gasteiger partial charge in [-0.25, -0.2) is 18.0 Å². The third-order valence-corrected chi connectivity index (χ3v) is 4.46. The van der Waals surface area contributed by atoms with Gasteiger partial charge in [0, 0.05) is 24.7 Å². The molecule has 0 saturated heterocycles. The predicted octanol–water partition coefficient (Wildman–Crippen LogP) is 3.25. The SMILES string of the molecule is CC(C)N1c2cc(OCc3cc(F)c(F)c(F)c3)nc(=O)n2CC[C@@H]1C. The molecule has 1 aliphatic heterocycles. The lowest BCUT2D eigenvalue weighted by atomic mass is 10.1. The van der Waals surface area contributed by atoms with Crippen LogP contribution >= 0.6 is 0 Å². The van der Waals surface area contributed by atoms with Crippen LogP contribution in [0.25, 0.3) is 0 Å². The van der Waals surface area contributed by atoms with Gasteiger partial charge in [-0.15, -0.1) is 0 Å². The summed E-state index contributed by atoms with van der Waals surface area (Å²) in [5.41, 5.74) is -0.332. The number of rotatable bonds is 4. The van der Waals surface area contributed by atoms with E-state index in [1.807, 2.05) is 13.8 Å². The van der Waals surface area contributed by atoms with Crippen molar-refractivity contribution in [2.45, 2.75) is 52.4 Å². The van der Waals surface area contributed by atoms with Crippen LogP contribution in [0, 0.1) is 17.5 Å². The highest BCUT2D eigenvalue weighted by Gasteiger charge is 2.27. The third kappa shape index (κ3) is 3.40. The minimum Gasteiger partial charge on any atom is -0.473 e. The third-order valence-electron chi connectivity index (χ3n) is 4.46. The normalized spacial score (nSPS) is 16.7. The van der Waals surface area contributed by atoms with E-state index in [2.05, 4.69) is 16.8 Å². The molecule has 0 aliphatic carbocycles. The molecule has 0 unspecified atom stereocenters. The molecule has 3 rings (SSSR count). The number of anilines is 1. The summed E-state index contributed by atoms with van der Waals surface area (Å²) < 4.78 is 46.6. The summed E-state index contributed by atoms with van der Waals surface area (Å²) in [4.78, 5) is 18.3. The number of benzene rings is 1. The molecular formula is C18H20F3N3O2. The van der Waals surface area contributed by atoms with Crippen molar-refractivity contribution in [3.63, 3.8) is 0 Å². The fourth-order valence-corrected chi connectivity index (χ4v) is 3.27. The quantitative estimate of drug-likeness (QED) is 0.779. The number of ether oxygens (including phenoxy) is 1. The lowest BCUT2D eigenvalue weighted by molar-refractivity contribution is 0.287. The molecule has 0 spiro atoms. The Balaban J connectivity index is 1.88. The molecule has 140 valence electrons. The predicted molar refractivity (Wildman–Crippen MR) is 90.8 cm³/mol. The molecule has 0 bridgehead atoms. The van der Waals surface area contributed by atoms with E-state index >= 15 is 0 Å². The molecule has 26 heavy (non-hydrogen) atoms. The Bertz CT molecular complexity index is 859. The molecule has 0 saturated carbocycles. The number of hydrogen-bond acceptors (Lipinski definition) is 4. The second-order valence-electron chi connectivity index (χ2n) is 6.69. The lowest BCUT2D eigenvalue weighted by Crippen LogP contribution is -2.47. The average Bonchev–Trinajstić information content (AvgIpc) is 2.57. The smallest absolute Gasteiger partial charge is 0.352 e. The Kier molecular flexibility index (Phi) is 4.93. The summed E-state index contributed by atoms with van der Waals surface area (Å²) in [6.07, 6.45) is 0.834. The summed E-state index contributed by atoms with van der Waals surface area (Å²) in [6.45, 7) is 6.48. The minimum atomic E-state index is -1.53. The van der Waals surface area contributed by atoms with Crippen molar-refractivity contribution in [2.24, 2.45) is 0 Å². The molecule has 0 fully saturated rings. The van der Waals surface area contributed by atoms with E-state index < -0.39 is 23.1 Å². The van der Waals surface area contributed by atoms with Crippen LogP contribution in [0.3, 0.4) is 0 Å². The van der Waals surface area contributed by atoms with Crippen molar-refractivity contribution in [1.29, 1.82) is 0 Å². The Morgan fingerprint density at radius 1 is 1.23 bits per heavy atom. The van der Waals surface area contributed by atoms with Gasteiger partial charge in [0.2, 0.25) is 5.88 Å². The molecule has 5 nitrogen and oxygen atoms in total. The van der Waals surface area contributed by atoms with Gasteiger partial charge in [0.05, 0.1) is 0 Å². The van der Waals surface area contributed by atoms with E-state index in [0.29, 0.717) is 12.4 Å². The monoisotopic (exact) mass is 367 g/mol. The fraction of sp³-hybridized carbons (Fsp3) is 0.444. The Morgan fingerprint density at radius 2 is 1.88 bits per heavy atom. The van der Waals surface area contributed by atoms with Crippen molar-refractivity contribution >= 4 is 5.82 Å². The van der Waals surface area contributed by atoms with Crippen LogP contribution in [-0.2, 0) is 13.2 Å². The highest BCUT2D eigenvalue weighted by molar-refractivity contribution is 5.45. The van der Waals surface area contributed by atoms with Crippen molar-refractivity contribution in [2.75, 3.05) is 4.90 Å². The van der Waals surface area contributed by atoms with Crippen molar-refractivity contribution in [3.05, 3.63) is 51.7 Å². The zero-order valence-electron chi connectivity index (χ0n) is 14.8. The zero-order chi connectivity index (χ0) is 19.0. The summed E-state index contributed by atoms with van der Waals surface area (Å²) in [5, 5.41) is 0. The van der Waals surface area contributed by atoms with E-state index in [1.54, 1.807) is 10.6 Å². The largest absolute Gasteiger partial charge is 0.473 e. The van der Waals surface area contributed by atoms with Gasteiger partial charge in [-0.2, -0.15) is 4.98 Å². The van der Waals surface area contributed by atoms with Gasteiger partial charge in [0.25, 0.3) is 0 Å². The Hall–Kier alpha value is -2.51. The average molecular weight is 367 g/mol. The maximum absolute atomic E-state index is 13.3. The van der Waals surface area contributed by atoms with Crippen LogP contribution in [0.5, 0.6) is 5.88 Å². The summed E-state index contributed by atoms with van der Waals surface area (Å²) in [5.74, 6) is -3.35. The molecule has 0 radical (unpaired) electrons. The summed E-state index contributed by atoms with van der Waals surface area (Å²) in [7, 11) is 0. The van der Waals surface area contributed by atoms with Crippen molar-refractivity contribution < 1.29 is 17.9 Å². The van der Waals surface area contributed by atoms with Gasteiger partial charge in [-0.3, -0.25) is 4.57 Å². The van der Waals surface area contributed by atoms with Crippen LogP contribution in [0.1, 0.15) is 32.8 Å². The number of hydrogen-bond donors (Lipinski definition) is 0. The molecule has 2 heterocycles. The molecular weight excluding hydrogens is 347 g/mol. The molecule has 0 amide bonds. The van der Waals surface area contributed by atoms with Crippen LogP contribution in [0.4, 0.5) is 19.0 Å². The van der Waals surface area contributed by atoms with Crippen LogP contribution in [0.2, 0.25) is 0 Å². The first-order valence-corrected chi connectivity index (χ1v) is 8.44. The molecule has 1 aliphatic rings. The van der Waals surface area contributed by atoms with Crippen LogP contribution < -0.4 is 15.3 Å². The van der Waals surface area contributed by atoms with E-state index in [1.165, 1.54) is 0 Å². The number of aromatic nitrogens is 2. The highest BCUT2D eigenvalue weighted by Crippen LogP contribution is 2.28. The van der Waals surface area contributed by atoms with Gasteiger partial charge in [-0.05, 0) is 44.9 Å². The van der Waals surface area contributed by atoms with Gasteiger partial charge in [-0.1, -0.05) is 0 Å².